The van der Waals surface area contributed by atoms with E-state index in [-0.39, 0.29) is 18.1 Å². The number of carbonyl (C=O) groups is 1. The molecule has 1 aliphatic heterocycles. The van der Waals surface area contributed by atoms with Gasteiger partial charge in [0.2, 0.25) is 0 Å². The molecule has 4 heteroatoms. The molecule has 106 valence electrons. The van der Waals surface area contributed by atoms with E-state index in [4.69, 9.17) is 10.00 Å². The van der Waals surface area contributed by atoms with Crippen molar-refractivity contribution in [2.75, 3.05) is 6.54 Å². The van der Waals surface area contributed by atoms with Gasteiger partial charge in [0.1, 0.15) is 5.60 Å². The number of likely N-dealkylation sites (tertiary alicyclic amines) is 1. The molecule has 0 radical (unpaired) electrons. The Balaban J connectivity index is 2.21. The lowest BCUT2D eigenvalue weighted by atomic mass is 10.0. The highest BCUT2D eigenvalue weighted by atomic mass is 16.6. The summed E-state index contributed by atoms with van der Waals surface area (Å²) >= 11 is 0. The Morgan fingerprint density at radius 1 is 1.35 bits per heavy atom. The van der Waals surface area contributed by atoms with Crippen molar-refractivity contribution in [2.45, 2.75) is 38.8 Å². The summed E-state index contributed by atoms with van der Waals surface area (Å²) in [6, 6.07) is 12.0. The number of hydrogen-bond acceptors (Lipinski definition) is 3. The maximum atomic E-state index is 12.3. The molecule has 0 saturated carbocycles. The zero-order valence-corrected chi connectivity index (χ0v) is 12.2. The van der Waals surface area contributed by atoms with Gasteiger partial charge in [-0.2, -0.15) is 5.26 Å². The number of nitriles is 1. The Labute approximate surface area is 120 Å². The number of amides is 1. The van der Waals surface area contributed by atoms with Crippen LogP contribution in [0.15, 0.2) is 30.3 Å². The van der Waals surface area contributed by atoms with Crippen molar-refractivity contribution in [3.63, 3.8) is 0 Å². The molecule has 2 rings (SSSR count). The van der Waals surface area contributed by atoms with E-state index in [1.165, 1.54) is 0 Å². The fraction of sp³-hybridized carbons (Fsp3) is 0.500. The lowest BCUT2D eigenvalue weighted by Crippen LogP contribution is -2.36. The van der Waals surface area contributed by atoms with E-state index in [0.717, 1.165) is 5.56 Å². The Morgan fingerprint density at radius 3 is 2.55 bits per heavy atom. The molecule has 1 aromatic rings. The van der Waals surface area contributed by atoms with Crippen LogP contribution in [0.1, 0.15) is 38.8 Å². The molecule has 2 atom stereocenters. The second-order valence-electron chi connectivity index (χ2n) is 6.12. The van der Waals surface area contributed by atoms with Gasteiger partial charge < -0.3 is 4.74 Å². The predicted molar refractivity (Wildman–Crippen MR) is 75.8 cm³/mol. The van der Waals surface area contributed by atoms with Gasteiger partial charge in [0, 0.05) is 6.54 Å². The second-order valence-corrected chi connectivity index (χ2v) is 6.12. The summed E-state index contributed by atoms with van der Waals surface area (Å²) in [5.74, 6) is -0.132. The molecule has 1 fully saturated rings. The van der Waals surface area contributed by atoms with Crippen LogP contribution in [0.3, 0.4) is 0 Å². The van der Waals surface area contributed by atoms with Gasteiger partial charge in [-0.15, -0.1) is 0 Å². The molecule has 4 nitrogen and oxygen atoms in total. The largest absolute Gasteiger partial charge is 0.444 e. The maximum absolute atomic E-state index is 12.3. The fourth-order valence-electron chi connectivity index (χ4n) is 2.44. The molecule has 1 heterocycles. The van der Waals surface area contributed by atoms with Gasteiger partial charge in [-0.1, -0.05) is 30.3 Å². The fourth-order valence-corrected chi connectivity index (χ4v) is 2.44. The first-order valence-electron chi connectivity index (χ1n) is 6.85. The van der Waals surface area contributed by atoms with Crippen molar-refractivity contribution >= 4 is 6.09 Å². The van der Waals surface area contributed by atoms with Gasteiger partial charge in [-0.3, -0.25) is 4.90 Å². The number of rotatable bonds is 1. The zero-order valence-electron chi connectivity index (χ0n) is 12.2. The van der Waals surface area contributed by atoms with Crippen LogP contribution in [0.4, 0.5) is 4.79 Å². The lowest BCUT2D eigenvalue weighted by molar-refractivity contribution is 0.0222. The number of nitrogens with zero attached hydrogens (tertiary/aromatic N) is 2. The number of ether oxygens (including phenoxy) is 1. The second kappa shape index (κ2) is 5.54. The van der Waals surface area contributed by atoms with Crippen LogP contribution < -0.4 is 0 Å². The standard InChI is InChI=1S/C16H20N2O2/c1-16(2,3)20-15(19)18-11-12(10-17)9-14(18)13-7-5-4-6-8-13/h4-8,12,14H,9,11H2,1-3H3/t12-,14+/m0/s1. The third-order valence-electron chi connectivity index (χ3n) is 3.30. The quantitative estimate of drug-likeness (QED) is 0.786. The molecule has 0 aromatic heterocycles. The lowest BCUT2D eigenvalue weighted by Gasteiger charge is -2.28. The smallest absolute Gasteiger partial charge is 0.410 e. The summed E-state index contributed by atoms with van der Waals surface area (Å²) in [5, 5.41) is 9.13. The van der Waals surface area contributed by atoms with Gasteiger partial charge in [-0.25, -0.2) is 4.79 Å². The molecule has 0 unspecified atom stereocenters. The summed E-state index contributed by atoms with van der Waals surface area (Å²) in [5.41, 5.74) is 0.527. The SMILES string of the molecule is CC(C)(C)OC(=O)N1C[C@H](C#N)C[C@@H]1c1ccccc1. The molecule has 0 spiro atoms. The number of benzene rings is 1. The molecule has 1 amide bonds. The normalized spacial score (nSPS) is 22.4. The summed E-state index contributed by atoms with van der Waals surface area (Å²) in [6.07, 6.45) is 0.323. The average Bonchev–Trinajstić information content (AvgIpc) is 2.82. The molecule has 1 aromatic carbocycles. The molecular formula is C16H20N2O2. The zero-order chi connectivity index (χ0) is 14.8. The van der Waals surface area contributed by atoms with E-state index < -0.39 is 5.60 Å². The molecular weight excluding hydrogens is 252 g/mol. The molecule has 1 saturated heterocycles. The highest BCUT2D eigenvalue weighted by molar-refractivity contribution is 5.69. The highest BCUT2D eigenvalue weighted by Crippen LogP contribution is 2.36. The van der Waals surface area contributed by atoms with Crippen LogP contribution in [0.2, 0.25) is 0 Å². The van der Waals surface area contributed by atoms with Crippen LogP contribution in [-0.4, -0.2) is 23.1 Å². The van der Waals surface area contributed by atoms with Crippen molar-refractivity contribution in [3.8, 4) is 6.07 Å². The first-order chi connectivity index (χ1) is 9.40. The molecule has 1 aliphatic rings. The third kappa shape index (κ3) is 3.30. The Kier molecular flexibility index (Phi) is 3.99. The summed E-state index contributed by atoms with van der Waals surface area (Å²) in [4.78, 5) is 14.0. The van der Waals surface area contributed by atoms with Crippen molar-refractivity contribution in [3.05, 3.63) is 35.9 Å². The number of hydrogen-bond donors (Lipinski definition) is 0. The number of carbonyl (C=O) groups excluding carboxylic acids is 1. The highest BCUT2D eigenvalue weighted by Gasteiger charge is 2.38. The van der Waals surface area contributed by atoms with Crippen LogP contribution in [-0.2, 0) is 4.74 Å². The monoisotopic (exact) mass is 272 g/mol. The van der Waals surface area contributed by atoms with E-state index in [2.05, 4.69) is 6.07 Å². The Hall–Kier alpha value is -2.02. The van der Waals surface area contributed by atoms with Gasteiger partial charge in [0.25, 0.3) is 0 Å². The summed E-state index contributed by atoms with van der Waals surface area (Å²) < 4.78 is 5.44. The van der Waals surface area contributed by atoms with Gasteiger partial charge in [-0.05, 0) is 32.8 Å². The van der Waals surface area contributed by atoms with E-state index in [1.54, 1.807) is 4.90 Å². The topological polar surface area (TPSA) is 53.3 Å². The summed E-state index contributed by atoms with van der Waals surface area (Å²) in [7, 11) is 0. The Morgan fingerprint density at radius 2 is 2.00 bits per heavy atom. The van der Waals surface area contributed by atoms with Crippen LogP contribution in [0.5, 0.6) is 0 Å². The van der Waals surface area contributed by atoms with E-state index in [9.17, 15) is 4.79 Å². The average molecular weight is 272 g/mol. The third-order valence-corrected chi connectivity index (χ3v) is 3.30. The molecule has 20 heavy (non-hydrogen) atoms. The maximum Gasteiger partial charge on any atom is 0.410 e. The van der Waals surface area contributed by atoms with E-state index in [0.29, 0.717) is 13.0 Å². The van der Waals surface area contributed by atoms with Crippen LogP contribution in [0, 0.1) is 17.2 Å². The van der Waals surface area contributed by atoms with Gasteiger partial charge in [0.05, 0.1) is 18.0 Å². The van der Waals surface area contributed by atoms with Crippen molar-refractivity contribution < 1.29 is 9.53 Å². The van der Waals surface area contributed by atoms with E-state index >= 15 is 0 Å². The Bertz CT molecular complexity index is 514. The van der Waals surface area contributed by atoms with Crippen LogP contribution >= 0.6 is 0 Å². The van der Waals surface area contributed by atoms with Crippen molar-refractivity contribution in [2.24, 2.45) is 5.92 Å². The minimum absolute atomic E-state index is 0.0734. The predicted octanol–water partition coefficient (Wildman–Crippen LogP) is 3.51. The minimum atomic E-state index is -0.525. The van der Waals surface area contributed by atoms with Crippen molar-refractivity contribution in [1.82, 2.24) is 4.90 Å². The first-order valence-corrected chi connectivity index (χ1v) is 6.85. The molecule has 0 bridgehead atoms. The summed E-state index contributed by atoms with van der Waals surface area (Å²) in [6.45, 7) is 5.98. The van der Waals surface area contributed by atoms with Crippen molar-refractivity contribution in [1.29, 1.82) is 5.26 Å². The molecule has 0 N–H and O–H groups in total. The van der Waals surface area contributed by atoms with Gasteiger partial charge >= 0.3 is 6.09 Å². The van der Waals surface area contributed by atoms with Gasteiger partial charge in [0.15, 0.2) is 0 Å². The van der Waals surface area contributed by atoms with Crippen LogP contribution in [0.25, 0.3) is 0 Å². The molecule has 0 aliphatic carbocycles. The van der Waals surface area contributed by atoms with E-state index in [1.807, 2.05) is 51.1 Å². The minimum Gasteiger partial charge on any atom is -0.444 e. The first kappa shape index (κ1) is 14.4.